The monoisotopic (exact) mass is 429 g/mol. The molecule has 0 aromatic heterocycles. The van der Waals surface area contributed by atoms with Crippen molar-refractivity contribution in [1.29, 1.82) is 0 Å². The van der Waals surface area contributed by atoms with Crippen LogP contribution in [0, 0.1) is 0 Å². The number of nitrogens with one attached hydrogen (secondary N) is 2. The van der Waals surface area contributed by atoms with Crippen LogP contribution in [0.1, 0.15) is 53.0 Å². The minimum Gasteiger partial charge on any atom is -0.350 e. The number of hydrogen-bond acceptors (Lipinski definition) is 4. The summed E-state index contributed by atoms with van der Waals surface area (Å²) < 4.78 is 25.4. The second-order valence-electron chi connectivity index (χ2n) is 7.45. The van der Waals surface area contributed by atoms with Gasteiger partial charge in [0.15, 0.2) is 0 Å². The summed E-state index contributed by atoms with van der Waals surface area (Å²) in [5.74, 6) is -0.241. The van der Waals surface area contributed by atoms with Gasteiger partial charge in [0.05, 0.1) is 11.4 Å². The Morgan fingerprint density at radius 3 is 2.43 bits per heavy atom. The predicted octanol–water partition coefficient (Wildman–Crippen LogP) is 2.68. The van der Waals surface area contributed by atoms with E-state index in [0.29, 0.717) is 29.8 Å². The van der Waals surface area contributed by atoms with Gasteiger partial charge in [0.25, 0.3) is 11.8 Å². The molecule has 3 rings (SSSR count). The van der Waals surface area contributed by atoms with E-state index in [0.717, 1.165) is 12.0 Å². The minimum atomic E-state index is -3.24. The van der Waals surface area contributed by atoms with Crippen LogP contribution in [0.25, 0.3) is 0 Å². The van der Waals surface area contributed by atoms with Crippen LogP contribution >= 0.6 is 0 Å². The molecule has 1 atom stereocenters. The molecule has 7 nitrogen and oxygen atoms in total. The highest BCUT2D eigenvalue weighted by atomic mass is 32.2. The van der Waals surface area contributed by atoms with E-state index in [4.69, 9.17) is 0 Å². The average Bonchev–Trinajstić information content (AvgIpc) is 3.11. The summed E-state index contributed by atoms with van der Waals surface area (Å²) in [6, 6.07) is 13.8. The molecule has 0 aliphatic carbocycles. The largest absolute Gasteiger partial charge is 0.350 e. The zero-order valence-electron chi connectivity index (χ0n) is 17.2. The second-order valence-corrected chi connectivity index (χ2v) is 9.47. The average molecular weight is 430 g/mol. The molecule has 0 spiro atoms. The van der Waals surface area contributed by atoms with Gasteiger partial charge in [-0.3, -0.25) is 13.9 Å². The van der Waals surface area contributed by atoms with Crippen molar-refractivity contribution in [2.75, 3.05) is 16.6 Å². The maximum atomic E-state index is 12.5. The molecule has 1 fully saturated rings. The Morgan fingerprint density at radius 1 is 1.07 bits per heavy atom. The maximum Gasteiger partial charge on any atom is 0.251 e. The highest BCUT2D eigenvalue weighted by Gasteiger charge is 2.28. The van der Waals surface area contributed by atoms with Crippen molar-refractivity contribution in [3.05, 3.63) is 65.2 Å². The van der Waals surface area contributed by atoms with E-state index in [1.54, 1.807) is 42.5 Å². The van der Waals surface area contributed by atoms with E-state index >= 15 is 0 Å². The lowest BCUT2D eigenvalue weighted by Gasteiger charge is -2.17. The zero-order valence-corrected chi connectivity index (χ0v) is 18.0. The normalized spacial score (nSPS) is 16.1. The topological polar surface area (TPSA) is 95.6 Å². The number of amides is 2. The highest BCUT2D eigenvalue weighted by molar-refractivity contribution is 7.93. The molecule has 8 heteroatoms. The summed E-state index contributed by atoms with van der Waals surface area (Å²) in [6.45, 7) is 4.71. The minimum absolute atomic E-state index is 0.0966. The number of rotatable bonds is 7. The van der Waals surface area contributed by atoms with Gasteiger partial charge in [-0.05, 0) is 61.7 Å². The van der Waals surface area contributed by atoms with E-state index in [9.17, 15) is 18.0 Å². The van der Waals surface area contributed by atoms with Gasteiger partial charge in [-0.25, -0.2) is 8.42 Å². The lowest BCUT2D eigenvalue weighted by Crippen LogP contribution is -2.32. The van der Waals surface area contributed by atoms with Crippen LogP contribution in [0.15, 0.2) is 48.5 Å². The van der Waals surface area contributed by atoms with E-state index < -0.39 is 10.0 Å². The highest BCUT2D eigenvalue weighted by Crippen LogP contribution is 2.24. The van der Waals surface area contributed by atoms with Crippen molar-refractivity contribution in [3.63, 3.8) is 0 Å². The number of carbonyl (C=O) groups is 2. The summed E-state index contributed by atoms with van der Waals surface area (Å²) in [6.07, 6.45) is 1.46. The first-order valence-corrected chi connectivity index (χ1v) is 11.7. The molecule has 160 valence electrons. The van der Waals surface area contributed by atoms with Gasteiger partial charge < -0.3 is 10.6 Å². The lowest BCUT2D eigenvalue weighted by atomic mass is 10.1. The number of sulfonamides is 1. The number of nitrogens with zero attached hydrogens (tertiary/aromatic N) is 1. The zero-order chi connectivity index (χ0) is 21.7. The summed E-state index contributed by atoms with van der Waals surface area (Å²) >= 11 is 0. The Hall–Kier alpha value is -2.87. The van der Waals surface area contributed by atoms with Crippen molar-refractivity contribution in [2.45, 2.75) is 39.3 Å². The summed E-state index contributed by atoms with van der Waals surface area (Å²) in [4.78, 5) is 24.7. The first kappa shape index (κ1) is 21.8. The molecule has 2 aromatic carbocycles. The Labute approximate surface area is 177 Å². The molecule has 2 N–H and O–H groups in total. The molecule has 0 bridgehead atoms. The van der Waals surface area contributed by atoms with Crippen LogP contribution in [0.3, 0.4) is 0 Å². The third kappa shape index (κ3) is 5.18. The third-order valence-corrected chi connectivity index (χ3v) is 7.02. The van der Waals surface area contributed by atoms with E-state index in [1.165, 1.54) is 4.31 Å². The SMILES string of the molecule is CCC(C)NC(=O)c1cccc(CNC(=O)c2ccc(N3CCCS3(=O)=O)cc2)c1. The standard InChI is InChI=1S/C22H27N3O4S/c1-3-16(2)24-22(27)19-7-4-6-17(14-19)15-23-21(26)18-8-10-20(11-9-18)25-12-5-13-30(25,28)29/h4,6-11,14,16H,3,5,12-13,15H2,1-2H3,(H,23,26)(H,24,27). The molecule has 0 saturated carbocycles. The molecule has 30 heavy (non-hydrogen) atoms. The molecule has 1 aliphatic heterocycles. The molecule has 1 aliphatic rings. The Kier molecular flexibility index (Phi) is 6.77. The van der Waals surface area contributed by atoms with Crippen molar-refractivity contribution in [1.82, 2.24) is 10.6 Å². The van der Waals surface area contributed by atoms with Crippen molar-refractivity contribution in [2.24, 2.45) is 0 Å². The van der Waals surface area contributed by atoms with Crippen LogP contribution in [-0.4, -0.2) is 38.6 Å². The summed E-state index contributed by atoms with van der Waals surface area (Å²) in [5.41, 5.74) is 2.39. The third-order valence-electron chi connectivity index (χ3n) is 5.15. The van der Waals surface area contributed by atoms with E-state index in [2.05, 4.69) is 10.6 Å². The fourth-order valence-electron chi connectivity index (χ4n) is 3.22. The molecule has 1 heterocycles. The van der Waals surface area contributed by atoms with Crippen LogP contribution in [0.5, 0.6) is 0 Å². The van der Waals surface area contributed by atoms with E-state index in [1.807, 2.05) is 19.9 Å². The quantitative estimate of drug-likeness (QED) is 0.707. The maximum absolute atomic E-state index is 12.5. The van der Waals surface area contributed by atoms with Gasteiger partial charge in [-0.1, -0.05) is 19.1 Å². The fraction of sp³-hybridized carbons (Fsp3) is 0.364. The molecule has 2 amide bonds. The lowest BCUT2D eigenvalue weighted by molar-refractivity contribution is 0.0936. The summed E-state index contributed by atoms with van der Waals surface area (Å²) in [7, 11) is -3.24. The van der Waals surface area contributed by atoms with Gasteiger partial charge >= 0.3 is 0 Å². The van der Waals surface area contributed by atoms with Crippen LogP contribution in [0.2, 0.25) is 0 Å². The Morgan fingerprint density at radius 2 is 1.80 bits per heavy atom. The van der Waals surface area contributed by atoms with Gasteiger partial charge in [-0.15, -0.1) is 0 Å². The van der Waals surface area contributed by atoms with Gasteiger partial charge in [0.2, 0.25) is 10.0 Å². The second kappa shape index (κ2) is 9.30. The molecular weight excluding hydrogens is 402 g/mol. The smallest absolute Gasteiger partial charge is 0.251 e. The molecule has 2 aromatic rings. The molecule has 0 radical (unpaired) electrons. The number of hydrogen-bond donors (Lipinski definition) is 2. The number of benzene rings is 2. The van der Waals surface area contributed by atoms with Gasteiger partial charge in [-0.2, -0.15) is 0 Å². The first-order chi connectivity index (χ1) is 14.3. The van der Waals surface area contributed by atoms with Crippen molar-refractivity contribution < 1.29 is 18.0 Å². The van der Waals surface area contributed by atoms with Crippen LogP contribution in [-0.2, 0) is 16.6 Å². The van der Waals surface area contributed by atoms with E-state index in [-0.39, 0.29) is 30.2 Å². The molecule has 1 saturated heterocycles. The first-order valence-electron chi connectivity index (χ1n) is 10.1. The molecule has 1 unspecified atom stereocenters. The molecular formula is C22H27N3O4S. The Bertz CT molecular complexity index is 1020. The van der Waals surface area contributed by atoms with Crippen molar-refractivity contribution >= 4 is 27.5 Å². The van der Waals surface area contributed by atoms with Crippen LogP contribution < -0.4 is 14.9 Å². The number of carbonyl (C=O) groups excluding carboxylic acids is 2. The summed E-state index contributed by atoms with van der Waals surface area (Å²) in [5, 5.41) is 5.76. The van der Waals surface area contributed by atoms with Crippen molar-refractivity contribution in [3.8, 4) is 0 Å². The fourth-order valence-corrected chi connectivity index (χ4v) is 4.79. The van der Waals surface area contributed by atoms with Crippen LogP contribution in [0.4, 0.5) is 5.69 Å². The van der Waals surface area contributed by atoms with Gasteiger partial charge in [0.1, 0.15) is 0 Å². The van der Waals surface area contributed by atoms with Gasteiger partial charge in [0, 0.05) is 30.3 Å². The number of anilines is 1. The predicted molar refractivity (Wildman–Crippen MR) is 117 cm³/mol. The Balaban J connectivity index is 1.60.